The van der Waals surface area contributed by atoms with Gasteiger partial charge in [0, 0.05) is 0 Å². The van der Waals surface area contributed by atoms with Gasteiger partial charge in [-0.1, -0.05) is 54.4 Å². The minimum atomic E-state index is -0.862. The van der Waals surface area contributed by atoms with Crippen LogP contribution in [-0.4, -0.2) is 23.1 Å². The number of carbonyl (C=O) groups excluding carboxylic acids is 1. The molecule has 1 rings (SSSR count). The van der Waals surface area contributed by atoms with Crippen LogP contribution in [0.15, 0.2) is 0 Å². The number of hydrogen-bond donors (Lipinski definition) is 1. The van der Waals surface area contributed by atoms with Crippen molar-refractivity contribution in [2.75, 3.05) is 0 Å². The smallest absolute Gasteiger partial charge is 0.310 e. The second-order valence-corrected chi connectivity index (χ2v) is 9.16. The van der Waals surface area contributed by atoms with Crippen molar-refractivity contribution in [1.29, 1.82) is 0 Å². The van der Waals surface area contributed by atoms with E-state index in [9.17, 15) is 14.7 Å². The molecule has 1 fully saturated rings. The van der Waals surface area contributed by atoms with Gasteiger partial charge in [0.1, 0.15) is 6.10 Å². The third kappa shape index (κ3) is 6.82. The highest BCUT2D eigenvalue weighted by Crippen LogP contribution is 2.33. The van der Waals surface area contributed by atoms with Crippen LogP contribution in [0.2, 0.25) is 0 Å². The second-order valence-electron chi connectivity index (χ2n) is 9.16. The van der Waals surface area contributed by atoms with Crippen molar-refractivity contribution < 1.29 is 19.4 Å². The molecule has 24 heavy (non-hydrogen) atoms. The van der Waals surface area contributed by atoms with Gasteiger partial charge in [-0.2, -0.15) is 0 Å². The van der Waals surface area contributed by atoms with Gasteiger partial charge in [-0.15, -0.1) is 0 Å². The maximum Gasteiger partial charge on any atom is 0.310 e. The predicted octanol–water partition coefficient (Wildman–Crippen LogP) is 4.91. The minimum absolute atomic E-state index is 0.133. The van der Waals surface area contributed by atoms with Crippen LogP contribution in [0.5, 0.6) is 0 Å². The molecule has 4 heteroatoms. The topological polar surface area (TPSA) is 63.6 Å². The van der Waals surface area contributed by atoms with Gasteiger partial charge in [-0.3, -0.25) is 9.59 Å². The fraction of sp³-hybridized carbons (Fsp3) is 0.900. The third-order valence-corrected chi connectivity index (χ3v) is 4.99. The highest BCUT2D eigenvalue weighted by Gasteiger charge is 2.38. The van der Waals surface area contributed by atoms with Crippen LogP contribution in [0.1, 0.15) is 80.1 Å². The summed E-state index contributed by atoms with van der Waals surface area (Å²) < 4.78 is 5.81. The van der Waals surface area contributed by atoms with Crippen LogP contribution in [0.25, 0.3) is 0 Å². The second kappa shape index (κ2) is 8.87. The predicted molar refractivity (Wildman–Crippen MR) is 95.7 cm³/mol. The van der Waals surface area contributed by atoms with Crippen molar-refractivity contribution in [3.05, 3.63) is 0 Å². The molecule has 0 spiro atoms. The zero-order valence-corrected chi connectivity index (χ0v) is 16.3. The Morgan fingerprint density at radius 3 is 2.08 bits per heavy atom. The molecule has 0 aromatic rings. The number of carboxylic acid groups (broad SMARTS) is 1. The van der Waals surface area contributed by atoms with Crippen molar-refractivity contribution in [2.24, 2.45) is 29.1 Å². The number of carbonyl (C=O) groups is 2. The maximum atomic E-state index is 12.6. The van der Waals surface area contributed by atoms with E-state index in [-0.39, 0.29) is 23.4 Å². The Morgan fingerprint density at radius 1 is 1.08 bits per heavy atom. The fourth-order valence-electron chi connectivity index (χ4n) is 3.93. The molecule has 0 amide bonds. The van der Waals surface area contributed by atoms with E-state index < -0.39 is 17.8 Å². The summed E-state index contributed by atoms with van der Waals surface area (Å²) in [6, 6.07) is 0. The van der Waals surface area contributed by atoms with Crippen LogP contribution in [0, 0.1) is 29.1 Å². The summed E-state index contributed by atoms with van der Waals surface area (Å²) >= 11 is 0. The summed E-state index contributed by atoms with van der Waals surface area (Å²) in [6.45, 7) is 13.0. The lowest BCUT2D eigenvalue weighted by atomic mass is 9.79. The first-order valence-corrected chi connectivity index (χ1v) is 9.44. The summed E-state index contributed by atoms with van der Waals surface area (Å²) in [5, 5.41) is 9.37. The average molecular weight is 341 g/mol. The molecule has 4 atom stereocenters. The Hall–Kier alpha value is -1.06. The molecule has 0 saturated heterocycles. The fourth-order valence-corrected chi connectivity index (χ4v) is 3.93. The molecule has 4 unspecified atom stereocenters. The van der Waals surface area contributed by atoms with Gasteiger partial charge in [0.05, 0.1) is 11.8 Å². The molecule has 0 radical (unpaired) electrons. The number of ether oxygens (including phenoxy) is 1. The molecular formula is C20H36O4. The molecule has 0 heterocycles. The highest BCUT2D eigenvalue weighted by molar-refractivity contribution is 5.81. The van der Waals surface area contributed by atoms with Gasteiger partial charge in [-0.25, -0.2) is 0 Å². The van der Waals surface area contributed by atoms with Gasteiger partial charge in [-0.05, 0) is 42.9 Å². The van der Waals surface area contributed by atoms with E-state index in [1.807, 2.05) is 0 Å². The van der Waals surface area contributed by atoms with E-state index in [1.165, 1.54) is 0 Å². The van der Waals surface area contributed by atoms with Gasteiger partial charge in [0.25, 0.3) is 0 Å². The Bertz CT molecular complexity index is 422. The van der Waals surface area contributed by atoms with E-state index in [0.717, 1.165) is 25.7 Å². The van der Waals surface area contributed by atoms with Crippen LogP contribution < -0.4 is 0 Å². The van der Waals surface area contributed by atoms with E-state index in [1.54, 1.807) is 0 Å². The molecule has 0 aliphatic heterocycles. The van der Waals surface area contributed by atoms with Crippen molar-refractivity contribution >= 4 is 11.9 Å². The molecule has 1 aliphatic rings. The monoisotopic (exact) mass is 340 g/mol. The zero-order valence-electron chi connectivity index (χ0n) is 16.3. The molecule has 0 bridgehead atoms. The van der Waals surface area contributed by atoms with Crippen molar-refractivity contribution in [3.8, 4) is 0 Å². The molecule has 1 N–H and O–H groups in total. The number of esters is 1. The van der Waals surface area contributed by atoms with Gasteiger partial charge in [0.15, 0.2) is 0 Å². The van der Waals surface area contributed by atoms with Gasteiger partial charge >= 0.3 is 11.9 Å². The number of aliphatic carboxylic acids is 1. The first-order chi connectivity index (χ1) is 11.0. The summed E-state index contributed by atoms with van der Waals surface area (Å²) in [7, 11) is 0. The van der Waals surface area contributed by atoms with E-state index in [4.69, 9.17) is 4.74 Å². The Morgan fingerprint density at radius 2 is 1.62 bits per heavy atom. The normalized spacial score (nSPS) is 24.5. The van der Waals surface area contributed by atoms with Crippen LogP contribution in [0.3, 0.4) is 0 Å². The molecule has 0 aromatic heterocycles. The van der Waals surface area contributed by atoms with E-state index in [0.29, 0.717) is 18.8 Å². The molecule has 4 nitrogen and oxygen atoms in total. The highest BCUT2D eigenvalue weighted by atomic mass is 16.5. The largest absolute Gasteiger partial charge is 0.481 e. The molecule has 1 aliphatic carbocycles. The summed E-state index contributed by atoms with van der Waals surface area (Å²) in [5.74, 6) is -1.51. The molecular weight excluding hydrogens is 304 g/mol. The molecule has 140 valence electrons. The lowest BCUT2D eigenvalue weighted by Crippen LogP contribution is -2.37. The molecule has 0 aromatic carbocycles. The quantitative estimate of drug-likeness (QED) is 0.669. The first kappa shape index (κ1) is 21.0. The third-order valence-electron chi connectivity index (χ3n) is 4.99. The Labute approximate surface area is 147 Å². The van der Waals surface area contributed by atoms with E-state index >= 15 is 0 Å². The maximum absolute atomic E-state index is 12.6. The van der Waals surface area contributed by atoms with Crippen molar-refractivity contribution in [1.82, 2.24) is 0 Å². The molecule has 1 saturated carbocycles. The standard InChI is InChI=1S/C20H36O4/c1-13(2)17(11-14(3)12-20(4,5)6)24-19(23)16-10-8-7-9-15(16)18(21)22/h13-17H,7-12H2,1-6H3,(H,21,22). The van der Waals surface area contributed by atoms with Crippen LogP contribution in [0.4, 0.5) is 0 Å². The number of hydrogen-bond acceptors (Lipinski definition) is 3. The van der Waals surface area contributed by atoms with Crippen LogP contribution in [-0.2, 0) is 14.3 Å². The summed E-state index contributed by atoms with van der Waals surface area (Å²) in [5.41, 5.74) is 0.253. The lowest BCUT2D eigenvalue weighted by Gasteiger charge is -2.32. The van der Waals surface area contributed by atoms with Crippen LogP contribution >= 0.6 is 0 Å². The first-order valence-electron chi connectivity index (χ1n) is 9.44. The average Bonchev–Trinajstić information content (AvgIpc) is 2.44. The SMILES string of the molecule is CC(CC(OC(=O)C1CCCCC1C(=O)O)C(C)C)CC(C)(C)C. The summed E-state index contributed by atoms with van der Waals surface area (Å²) in [6.07, 6.45) is 4.80. The number of carboxylic acids is 1. The van der Waals surface area contributed by atoms with Gasteiger partial charge in [0.2, 0.25) is 0 Å². The van der Waals surface area contributed by atoms with Gasteiger partial charge < -0.3 is 9.84 Å². The lowest BCUT2D eigenvalue weighted by molar-refractivity contribution is -0.166. The summed E-state index contributed by atoms with van der Waals surface area (Å²) in [4.78, 5) is 24.0. The zero-order chi connectivity index (χ0) is 18.5. The van der Waals surface area contributed by atoms with Crippen molar-refractivity contribution in [2.45, 2.75) is 86.2 Å². The Kier molecular flexibility index (Phi) is 7.75. The Balaban J connectivity index is 2.69. The minimum Gasteiger partial charge on any atom is -0.481 e. The number of rotatable bonds is 7. The van der Waals surface area contributed by atoms with Crippen molar-refractivity contribution in [3.63, 3.8) is 0 Å². The van der Waals surface area contributed by atoms with E-state index in [2.05, 4.69) is 41.5 Å².